The van der Waals surface area contributed by atoms with Gasteiger partial charge in [-0.25, -0.2) is 0 Å². The molecule has 0 aromatic heterocycles. The van der Waals surface area contributed by atoms with Crippen molar-refractivity contribution in [2.45, 2.75) is 18.6 Å². The first kappa shape index (κ1) is 13.1. The molecule has 0 fully saturated rings. The van der Waals surface area contributed by atoms with Crippen LogP contribution in [0.5, 0.6) is 0 Å². The first-order valence-electron chi connectivity index (χ1n) is 6.37. The lowest BCUT2D eigenvalue weighted by Gasteiger charge is -2.32. The van der Waals surface area contributed by atoms with Gasteiger partial charge in [0.05, 0.1) is 8.07 Å². The largest absolute Gasteiger partial charge is 0.396 e. The van der Waals surface area contributed by atoms with Gasteiger partial charge in [0.25, 0.3) is 0 Å². The van der Waals surface area contributed by atoms with Crippen LogP contribution in [0.3, 0.4) is 0 Å². The van der Waals surface area contributed by atoms with Gasteiger partial charge in [0.15, 0.2) is 0 Å². The average molecular weight is 256 g/mol. The van der Waals surface area contributed by atoms with E-state index in [4.69, 9.17) is 0 Å². The van der Waals surface area contributed by atoms with Crippen molar-refractivity contribution < 1.29 is 5.11 Å². The highest BCUT2D eigenvalue weighted by Gasteiger charge is 2.34. The van der Waals surface area contributed by atoms with E-state index < -0.39 is 8.07 Å². The summed E-state index contributed by atoms with van der Waals surface area (Å²) in [4.78, 5) is 0. The fourth-order valence-electron chi connectivity index (χ4n) is 2.50. The molecule has 0 aliphatic rings. The highest BCUT2D eigenvalue weighted by Crippen LogP contribution is 2.26. The molecule has 0 aliphatic carbocycles. The Labute approximate surface area is 110 Å². The average Bonchev–Trinajstić information content (AvgIpc) is 2.41. The Morgan fingerprint density at radius 3 is 1.89 bits per heavy atom. The molecule has 94 valence electrons. The highest BCUT2D eigenvalue weighted by atomic mass is 28.3. The van der Waals surface area contributed by atoms with Crippen LogP contribution in [-0.2, 0) is 0 Å². The Bertz CT molecular complexity index is 479. The molecule has 0 aliphatic heterocycles. The van der Waals surface area contributed by atoms with Crippen molar-refractivity contribution in [2.75, 3.05) is 6.61 Å². The molecule has 1 N–H and O–H groups in total. The molecule has 0 amide bonds. The predicted molar refractivity (Wildman–Crippen MR) is 79.8 cm³/mol. The van der Waals surface area contributed by atoms with E-state index in [0.717, 1.165) is 0 Å². The molecule has 0 saturated carbocycles. The Balaban J connectivity index is 2.38. The van der Waals surface area contributed by atoms with Crippen LogP contribution in [0.2, 0.25) is 13.1 Å². The van der Waals surface area contributed by atoms with Crippen LogP contribution in [0.25, 0.3) is 0 Å². The quantitative estimate of drug-likeness (QED) is 0.834. The Morgan fingerprint density at radius 2 is 1.39 bits per heavy atom. The molecule has 1 atom stereocenters. The number of aliphatic hydroxyl groups is 1. The molecule has 1 nitrogen and oxygen atoms in total. The zero-order valence-corrected chi connectivity index (χ0v) is 12.0. The Hall–Kier alpha value is -1.38. The van der Waals surface area contributed by atoms with Crippen LogP contribution >= 0.6 is 0 Å². The molecule has 2 rings (SSSR count). The summed E-state index contributed by atoms with van der Waals surface area (Å²) in [6, 6.07) is 21.0. The van der Waals surface area contributed by atoms with Crippen LogP contribution < -0.4 is 5.19 Å². The molecule has 0 radical (unpaired) electrons. The second kappa shape index (κ2) is 5.51. The lowest BCUT2D eigenvalue weighted by molar-refractivity contribution is 0.290. The molecule has 2 aromatic carbocycles. The third-order valence-electron chi connectivity index (χ3n) is 3.77. The van der Waals surface area contributed by atoms with E-state index in [1.165, 1.54) is 10.8 Å². The van der Waals surface area contributed by atoms with Crippen molar-refractivity contribution in [3.05, 3.63) is 66.2 Å². The molecule has 2 heteroatoms. The Morgan fingerprint density at radius 1 is 0.889 bits per heavy atom. The fraction of sp³-hybridized carbons (Fsp3) is 0.250. The second-order valence-electron chi connectivity index (χ2n) is 5.23. The molecule has 0 bridgehead atoms. The highest BCUT2D eigenvalue weighted by molar-refractivity contribution is 6.90. The van der Waals surface area contributed by atoms with Crippen LogP contribution in [0, 0.1) is 0 Å². The van der Waals surface area contributed by atoms with Crippen molar-refractivity contribution in [1.29, 1.82) is 0 Å². The summed E-state index contributed by atoms with van der Waals surface area (Å²) in [5, 5.41) is 11.2. The van der Waals surface area contributed by atoms with E-state index >= 15 is 0 Å². The topological polar surface area (TPSA) is 20.2 Å². The molecule has 1 unspecified atom stereocenters. The van der Waals surface area contributed by atoms with Crippen molar-refractivity contribution in [1.82, 2.24) is 0 Å². The summed E-state index contributed by atoms with van der Waals surface area (Å²) in [6.07, 6.45) is 0. The number of aliphatic hydroxyl groups excluding tert-OH is 1. The first-order valence-corrected chi connectivity index (χ1v) is 9.45. The maximum atomic E-state index is 9.81. The molecular weight excluding hydrogens is 236 g/mol. The van der Waals surface area contributed by atoms with Crippen LogP contribution in [0.4, 0.5) is 0 Å². The molecule has 0 saturated heterocycles. The summed E-state index contributed by atoms with van der Waals surface area (Å²) in [5.74, 6) is 0. The monoisotopic (exact) mass is 256 g/mol. The van der Waals surface area contributed by atoms with Crippen molar-refractivity contribution in [3.63, 3.8) is 0 Å². The summed E-state index contributed by atoms with van der Waals surface area (Å²) < 4.78 is 0. The minimum atomic E-state index is -1.70. The number of hydrogen-bond donors (Lipinski definition) is 1. The Kier molecular flexibility index (Phi) is 3.99. The first-order chi connectivity index (χ1) is 8.66. The number of rotatable bonds is 4. The standard InChI is InChI=1S/C16H20OSi/c1-18(2,15-11-7-4-8-12-15)16(13-17)14-9-5-3-6-10-14/h3-12,16-17H,13H2,1-2H3. The SMILES string of the molecule is C[Si](C)(c1ccccc1)C(CO)c1ccccc1. The van der Waals surface area contributed by atoms with Gasteiger partial charge < -0.3 is 5.11 Å². The van der Waals surface area contributed by atoms with E-state index in [2.05, 4.69) is 49.5 Å². The van der Waals surface area contributed by atoms with Gasteiger partial charge in [-0.2, -0.15) is 0 Å². The number of hydrogen-bond acceptors (Lipinski definition) is 1. The second-order valence-corrected chi connectivity index (χ2v) is 9.95. The molecule has 18 heavy (non-hydrogen) atoms. The summed E-state index contributed by atoms with van der Waals surface area (Å²) >= 11 is 0. The third kappa shape index (κ3) is 2.55. The molecule has 0 spiro atoms. The maximum Gasteiger partial charge on any atom is 0.0906 e. The lowest BCUT2D eigenvalue weighted by atomic mass is 10.1. The van der Waals surface area contributed by atoms with Gasteiger partial charge in [-0.05, 0) is 5.56 Å². The number of benzene rings is 2. The van der Waals surface area contributed by atoms with Gasteiger partial charge in [0.2, 0.25) is 0 Å². The van der Waals surface area contributed by atoms with Gasteiger partial charge >= 0.3 is 0 Å². The molecular formula is C16H20OSi. The van der Waals surface area contributed by atoms with Crippen LogP contribution in [0.15, 0.2) is 60.7 Å². The summed E-state index contributed by atoms with van der Waals surface area (Å²) in [7, 11) is -1.70. The summed E-state index contributed by atoms with van der Waals surface area (Å²) in [6.45, 7) is 4.88. The maximum absolute atomic E-state index is 9.81. The summed E-state index contributed by atoms with van der Waals surface area (Å²) in [5.41, 5.74) is 1.50. The molecule has 2 aromatic rings. The van der Waals surface area contributed by atoms with Crippen LogP contribution in [0.1, 0.15) is 11.1 Å². The van der Waals surface area contributed by atoms with Crippen molar-refractivity contribution in [2.24, 2.45) is 0 Å². The van der Waals surface area contributed by atoms with E-state index in [9.17, 15) is 5.11 Å². The van der Waals surface area contributed by atoms with Gasteiger partial charge in [-0.1, -0.05) is 78.9 Å². The normalized spacial score (nSPS) is 13.3. The van der Waals surface area contributed by atoms with E-state index in [1.54, 1.807) is 0 Å². The van der Waals surface area contributed by atoms with Crippen LogP contribution in [-0.4, -0.2) is 19.8 Å². The van der Waals surface area contributed by atoms with Crippen molar-refractivity contribution >= 4 is 13.3 Å². The molecule has 0 heterocycles. The third-order valence-corrected chi connectivity index (χ3v) is 7.85. The zero-order valence-electron chi connectivity index (χ0n) is 11.0. The van der Waals surface area contributed by atoms with Gasteiger partial charge in [0, 0.05) is 12.1 Å². The fourth-order valence-corrected chi connectivity index (χ4v) is 5.44. The lowest BCUT2D eigenvalue weighted by Crippen LogP contribution is -2.49. The van der Waals surface area contributed by atoms with Crippen molar-refractivity contribution in [3.8, 4) is 0 Å². The van der Waals surface area contributed by atoms with E-state index in [-0.39, 0.29) is 12.1 Å². The van der Waals surface area contributed by atoms with Gasteiger partial charge in [-0.15, -0.1) is 0 Å². The van der Waals surface area contributed by atoms with Gasteiger partial charge in [0.1, 0.15) is 0 Å². The van der Waals surface area contributed by atoms with E-state index in [1.807, 2.05) is 24.3 Å². The smallest absolute Gasteiger partial charge is 0.0906 e. The van der Waals surface area contributed by atoms with Gasteiger partial charge in [-0.3, -0.25) is 0 Å². The van der Waals surface area contributed by atoms with E-state index in [0.29, 0.717) is 0 Å². The minimum Gasteiger partial charge on any atom is -0.396 e. The predicted octanol–water partition coefficient (Wildman–Crippen LogP) is 2.92. The minimum absolute atomic E-state index is 0.220. The zero-order chi connectivity index (χ0) is 13.0.